The van der Waals surface area contributed by atoms with Gasteiger partial charge in [0.15, 0.2) is 5.69 Å². The van der Waals surface area contributed by atoms with E-state index in [1.54, 1.807) is 0 Å². The normalized spacial score (nSPS) is 10.8. The summed E-state index contributed by atoms with van der Waals surface area (Å²) in [6.07, 6.45) is -4.43. The molecule has 0 aliphatic carbocycles. The molecule has 7 heteroatoms. The van der Waals surface area contributed by atoms with E-state index in [4.69, 9.17) is 5.73 Å². The van der Waals surface area contributed by atoms with Gasteiger partial charge in [0, 0.05) is 6.54 Å². The van der Waals surface area contributed by atoms with Gasteiger partial charge in [-0.2, -0.15) is 18.3 Å². The molecule has 0 aromatic carbocycles. The molecule has 0 saturated carbocycles. The predicted molar refractivity (Wildman–Crippen MR) is 42.2 cm³/mol. The largest absolute Gasteiger partial charge is 0.435 e. The summed E-state index contributed by atoms with van der Waals surface area (Å²) in [5.41, 5.74) is 4.46. The quantitative estimate of drug-likeness (QED) is 0.767. The first-order chi connectivity index (χ1) is 5.54. The van der Waals surface area contributed by atoms with E-state index >= 15 is 0 Å². The van der Waals surface area contributed by atoms with Crippen molar-refractivity contribution >= 4 is 12.4 Å². The molecule has 1 aromatic heterocycles. The van der Waals surface area contributed by atoms with Gasteiger partial charge in [-0.05, 0) is 12.1 Å². The molecule has 0 spiro atoms. The highest BCUT2D eigenvalue weighted by atomic mass is 35.5. The molecule has 0 aliphatic heterocycles. The molecule has 0 radical (unpaired) electrons. The lowest BCUT2D eigenvalue weighted by Gasteiger charge is -2.03. The fourth-order valence-corrected chi connectivity index (χ4v) is 0.620. The Morgan fingerprint density at radius 2 is 1.85 bits per heavy atom. The summed E-state index contributed by atoms with van der Waals surface area (Å²) < 4.78 is 35.7. The minimum atomic E-state index is -4.43. The Labute approximate surface area is 78.6 Å². The summed E-state index contributed by atoms with van der Waals surface area (Å²) in [6, 6.07) is 2.06. The van der Waals surface area contributed by atoms with Crippen LogP contribution in [0.25, 0.3) is 0 Å². The summed E-state index contributed by atoms with van der Waals surface area (Å²) in [4.78, 5) is 0. The van der Waals surface area contributed by atoms with Crippen LogP contribution in [0.4, 0.5) is 13.2 Å². The van der Waals surface area contributed by atoms with Crippen LogP contribution in [0.5, 0.6) is 0 Å². The van der Waals surface area contributed by atoms with Crippen molar-refractivity contribution in [3.63, 3.8) is 0 Å². The topological polar surface area (TPSA) is 51.8 Å². The fraction of sp³-hybridized carbons (Fsp3) is 0.333. The zero-order valence-electron chi connectivity index (χ0n) is 6.38. The first-order valence-electron chi connectivity index (χ1n) is 3.14. The van der Waals surface area contributed by atoms with Crippen LogP contribution >= 0.6 is 12.4 Å². The van der Waals surface area contributed by atoms with Gasteiger partial charge in [-0.3, -0.25) is 0 Å². The molecular formula is C6H7ClF3N3. The van der Waals surface area contributed by atoms with Crippen LogP contribution < -0.4 is 5.73 Å². The van der Waals surface area contributed by atoms with Gasteiger partial charge in [-0.1, -0.05) is 0 Å². The average molecular weight is 214 g/mol. The van der Waals surface area contributed by atoms with E-state index in [1.807, 2.05) is 0 Å². The van der Waals surface area contributed by atoms with Crippen molar-refractivity contribution in [1.29, 1.82) is 0 Å². The van der Waals surface area contributed by atoms with Crippen LogP contribution in [0, 0.1) is 0 Å². The van der Waals surface area contributed by atoms with Crippen molar-refractivity contribution in [2.45, 2.75) is 12.7 Å². The standard InChI is InChI=1S/C6H6F3N3.ClH/c7-6(8,9)5-2-1-4(3-10)11-12-5;/h1-2H,3,10H2;1H. The van der Waals surface area contributed by atoms with Crippen LogP contribution in [0.3, 0.4) is 0 Å². The maximum absolute atomic E-state index is 11.9. The number of halogens is 4. The molecule has 3 nitrogen and oxygen atoms in total. The second-order valence-electron chi connectivity index (χ2n) is 2.11. The predicted octanol–water partition coefficient (Wildman–Crippen LogP) is 1.38. The monoisotopic (exact) mass is 213 g/mol. The highest BCUT2D eigenvalue weighted by Gasteiger charge is 2.32. The molecule has 0 unspecified atom stereocenters. The molecular weight excluding hydrogens is 207 g/mol. The zero-order valence-corrected chi connectivity index (χ0v) is 7.19. The van der Waals surface area contributed by atoms with Crippen molar-refractivity contribution in [2.75, 3.05) is 0 Å². The molecule has 0 atom stereocenters. The number of hydrogen-bond donors (Lipinski definition) is 1. The van der Waals surface area contributed by atoms with Crippen molar-refractivity contribution < 1.29 is 13.2 Å². The Balaban J connectivity index is 0.00000144. The van der Waals surface area contributed by atoms with Crippen LogP contribution in [0.1, 0.15) is 11.4 Å². The zero-order chi connectivity index (χ0) is 9.19. The number of nitrogens with two attached hydrogens (primary N) is 1. The summed E-state index contributed by atoms with van der Waals surface area (Å²) in [6.45, 7) is 0.0884. The van der Waals surface area contributed by atoms with Gasteiger partial charge >= 0.3 is 6.18 Å². The third-order valence-corrected chi connectivity index (χ3v) is 1.22. The molecule has 74 valence electrons. The van der Waals surface area contributed by atoms with Gasteiger partial charge < -0.3 is 5.73 Å². The van der Waals surface area contributed by atoms with Crippen LogP contribution in [-0.2, 0) is 12.7 Å². The number of aromatic nitrogens is 2. The lowest BCUT2D eigenvalue weighted by molar-refractivity contribution is -0.141. The lowest BCUT2D eigenvalue weighted by atomic mass is 10.3. The lowest BCUT2D eigenvalue weighted by Crippen LogP contribution is -2.10. The Morgan fingerprint density at radius 1 is 1.23 bits per heavy atom. The highest BCUT2D eigenvalue weighted by Crippen LogP contribution is 2.26. The molecule has 2 N–H and O–H groups in total. The van der Waals surface area contributed by atoms with E-state index < -0.39 is 11.9 Å². The van der Waals surface area contributed by atoms with E-state index in [9.17, 15) is 13.2 Å². The molecule has 0 aliphatic rings. The van der Waals surface area contributed by atoms with E-state index in [1.165, 1.54) is 6.07 Å². The summed E-state index contributed by atoms with van der Waals surface area (Å²) in [7, 11) is 0. The third-order valence-electron chi connectivity index (χ3n) is 1.22. The van der Waals surface area contributed by atoms with Gasteiger partial charge in [0.1, 0.15) is 0 Å². The highest BCUT2D eigenvalue weighted by molar-refractivity contribution is 5.85. The summed E-state index contributed by atoms with van der Waals surface area (Å²) in [5, 5.41) is 6.23. The molecule has 0 amide bonds. The molecule has 1 aromatic rings. The second kappa shape index (κ2) is 4.38. The van der Waals surface area contributed by atoms with Gasteiger partial charge in [-0.15, -0.1) is 17.5 Å². The van der Waals surface area contributed by atoms with Gasteiger partial charge in [0.25, 0.3) is 0 Å². The minimum Gasteiger partial charge on any atom is -0.325 e. The average Bonchev–Trinajstić information content (AvgIpc) is 2.03. The van der Waals surface area contributed by atoms with Crippen LogP contribution in [0.2, 0.25) is 0 Å². The van der Waals surface area contributed by atoms with Gasteiger partial charge in [0.2, 0.25) is 0 Å². The van der Waals surface area contributed by atoms with E-state index in [0.29, 0.717) is 5.69 Å². The Bertz CT molecular complexity index is 259. The van der Waals surface area contributed by atoms with Crippen molar-refractivity contribution in [3.8, 4) is 0 Å². The maximum atomic E-state index is 11.9. The molecule has 13 heavy (non-hydrogen) atoms. The van der Waals surface area contributed by atoms with E-state index in [-0.39, 0.29) is 19.0 Å². The SMILES string of the molecule is Cl.NCc1ccc(C(F)(F)F)nn1. The number of rotatable bonds is 1. The molecule has 1 heterocycles. The Kier molecular flexibility index (Phi) is 4.09. The molecule has 1 rings (SSSR count). The third kappa shape index (κ3) is 3.16. The van der Waals surface area contributed by atoms with Crippen LogP contribution in [0.15, 0.2) is 12.1 Å². The van der Waals surface area contributed by atoms with Crippen molar-refractivity contribution in [1.82, 2.24) is 10.2 Å². The Morgan fingerprint density at radius 3 is 2.15 bits per heavy atom. The number of alkyl halides is 3. The van der Waals surface area contributed by atoms with Crippen LogP contribution in [-0.4, -0.2) is 10.2 Å². The van der Waals surface area contributed by atoms with Gasteiger partial charge in [-0.25, -0.2) is 0 Å². The summed E-state index contributed by atoms with van der Waals surface area (Å²) in [5.74, 6) is 0. The summed E-state index contributed by atoms with van der Waals surface area (Å²) >= 11 is 0. The smallest absolute Gasteiger partial charge is 0.325 e. The second-order valence-corrected chi connectivity index (χ2v) is 2.11. The van der Waals surface area contributed by atoms with E-state index in [2.05, 4.69) is 10.2 Å². The molecule has 0 fully saturated rings. The van der Waals surface area contributed by atoms with Gasteiger partial charge in [0.05, 0.1) is 5.69 Å². The number of hydrogen-bond acceptors (Lipinski definition) is 3. The first-order valence-corrected chi connectivity index (χ1v) is 3.14. The fourth-order valence-electron chi connectivity index (χ4n) is 0.620. The molecule has 0 bridgehead atoms. The maximum Gasteiger partial charge on any atom is 0.435 e. The minimum absolute atomic E-state index is 0. The number of nitrogens with zero attached hydrogens (tertiary/aromatic N) is 2. The van der Waals surface area contributed by atoms with Crippen molar-refractivity contribution in [3.05, 3.63) is 23.5 Å². The Hall–Kier alpha value is -0.880. The van der Waals surface area contributed by atoms with Crippen molar-refractivity contribution in [2.24, 2.45) is 5.73 Å². The molecule has 0 saturated heterocycles. The first kappa shape index (κ1) is 12.1. The van der Waals surface area contributed by atoms with E-state index in [0.717, 1.165) is 6.07 Å².